The van der Waals surface area contributed by atoms with Gasteiger partial charge in [0.2, 0.25) is 10.0 Å². The molecule has 1 heterocycles. The van der Waals surface area contributed by atoms with Crippen molar-refractivity contribution in [2.24, 2.45) is 0 Å². The lowest BCUT2D eigenvalue weighted by atomic mass is 9.99. The first kappa shape index (κ1) is 18.2. The van der Waals surface area contributed by atoms with Gasteiger partial charge in [0, 0.05) is 19.3 Å². The van der Waals surface area contributed by atoms with Crippen molar-refractivity contribution in [3.63, 3.8) is 0 Å². The number of nitrogens with one attached hydrogen (secondary N) is 1. The van der Waals surface area contributed by atoms with Crippen molar-refractivity contribution < 1.29 is 8.42 Å². The van der Waals surface area contributed by atoms with Gasteiger partial charge in [-0.25, -0.2) is 13.1 Å². The molecule has 0 fully saturated rings. The second-order valence-corrected chi connectivity index (χ2v) is 8.23. The van der Waals surface area contributed by atoms with Gasteiger partial charge >= 0.3 is 0 Å². The van der Waals surface area contributed by atoms with Gasteiger partial charge in [0.1, 0.15) is 0 Å². The van der Waals surface area contributed by atoms with Crippen LogP contribution in [0.15, 0.2) is 46.0 Å². The first-order chi connectivity index (χ1) is 10.9. The van der Waals surface area contributed by atoms with Crippen molar-refractivity contribution in [3.05, 3.63) is 46.7 Å². The zero-order chi connectivity index (χ0) is 16.9. The number of aryl methyl sites for hydroxylation is 1. The van der Waals surface area contributed by atoms with Crippen molar-refractivity contribution in [1.29, 1.82) is 0 Å². The van der Waals surface area contributed by atoms with E-state index >= 15 is 0 Å². The molecule has 0 radical (unpaired) electrons. The zero-order valence-corrected chi connectivity index (χ0v) is 15.8. The van der Waals surface area contributed by atoms with E-state index in [2.05, 4.69) is 39.6 Å². The number of benzene rings is 1. The molecular weight excluding hydrogens is 378 g/mol. The normalized spacial score (nSPS) is 13.2. The van der Waals surface area contributed by atoms with E-state index in [1.54, 1.807) is 23.0 Å². The van der Waals surface area contributed by atoms with Gasteiger partial charge in [-0.1, -0.05) is 26.0 Å². The largest absolute Gasteiger partial charge is 0.272 e. The fourth-order valence-electron chi connectivity index (χ4n) is 2.20. The van der Waals surface area contributed by atoms with Crippen LogP contribution >= 0.6 is 15.9 Å². The van der Waals surface area contributed by atoms with Crippen LogP contribution < -0.4 is 4.72 Å². The van der Waals surface area contributed by atoms with E-state index in [-0.39, 0.29) is 0 Å². The van der Waals surface area contributed by atoms with Crippen molar-refractivity contribution in [2.45, 2.75) is 44.0 Å². The third-order valence-electron chi connectivity index (χ3n) is 3.83. The van der Waals surface area contributed by atoms with Crippen LogP contribution in [0.3, 0.4) is 0 Å². The molecule has 126 valence electrons. The summed E-state index contributed by atoms with van der Waals surface area (Å²) in [5, 5.41) is 4.13. The first-order valence-corrected chi connectivity index (χ1v) is 9.97. The second kappa shape index (κ2) is 8.08. The highest BCUT2D eigenvalue weighted by Crippen LogP contribution is 2.20. The topological polar surface area (TPSA) is 64.0 Å². The number of halogens is 1. The van der Waals surface area contributed by atoms with Gasteiger partial charge in [0.25, 0.3) is 0 Å². The zero-order valence-electron chi connectivity index (χ0n) is 13.4. The molecule has 0 aliphatic carbocycles. The molecule has 23 heavy (non-hydrogen) atoms. The van der Waals surface area contributed by atoms with Gasteiger partial charge in [-0.3, -0.25) is 4.68 Å². The lowest BCUT2D eigenvalue weighted by Crippen LogP contribution is -2.25. The predicted molar refractivity (Wildman–Crippen MR) is 94.9 cm³/mol. The van der Waals surface area contributed by atoms with Crippen molar-refractivity contribution in [3.8, 4) is 0 Å². The third-order valence-corrected chi connectivity index (χ3v) is 5.72. The number of sulfonamides is 1. The van der Waals surface area contributed by atoms with E-state index < -0.39 is 10.0 Å². The minimum Gasteiger partial charge on any atom is -0.272 e. The molecule has 0 saturated heterocycles. The molecular formula is C16H22BrN3O2S. The molecule has 0 bridgehead atoms. The fraction of sp³-hybridized carbons (Fsp3) is 0.438. The predicted octanol–water partition coefficient (Wildman–Crippen LogP) is 3.53. The molecule has 2 rings (SSSR count). The van der Waals surface area contributed by atoms with Crippen LogP contribution in [0.2, 0.25) is 0 Å². The molecule has 1 atom stereocenters. The van der Waals surface area contributed by atoms with Crippen LogP contribution in [0.4, 0.5) is 0 Å². The Hall–Kier alpha value is -1.18. The van der Waals surface area contributed by atoms with E-state index in [9.17, 15) is 8.42 Å². The van der Waals surface area contributed by atoms with Gasteiger partial charge in [0.15, 0.2) is 0 Å². The van der Waals surface area contributed by atoms with Crippen LogP contribution in [0.1, 0.15) is 38.2 Å². The van der Waals surface area contributed by atoms with Gasteiger partial charge in [-0.2, -0.15) is 5.10 Å². The third kappa shape index (κ3) is 5.16. The van der Waals surface area contributed by atoms with E-state index in [0.717, 1.165) is 16.5 Å². The maximum absolute atomic E-state index is 12.3. The Morgan fingerprint density at radius 3 is 2.57 bits per heavy atom. The highest BCUT2D eigenvalue weighted by atomic mass is 79.9. The minimum atomic E-state index is -3.45. The molecule has 5 nitrogen and oxygen atoms in total. The monoisotopic (exact) mass is 399 g/mol. The molecule has 1 N–H and O–H groups in total. The molecule has 0 spiro atoms. The van der Waals surface area contributed by atoms with Gasteiger partial charge in [0.05, 0.1) is 15.6 Å². The highest BCUT2D eigenvalue weighted by Gasteiger charge is 2.13. The van der Waals surface area contributed by atoms with Crippen LogP contribution in [-0.4, -0.2) is 24.7 Å². The Bertz CT molecular complexity index is 726. The number of aromatic nitrogens is 2. The van der Waals surface area contributed by atoms with Crippen molar-refractivity contribution >= 4 is 26.0 Å². The Kier molecular flexibility index (Phi) is 6.38. The quantitative estimate of drug-likeness (QED) is 0.690. The maximum Gasteiger partial charge on any atom is 0.240 e. The maximum atomic E-state index is 12.3. The Morgan fingerprint density at radius 1 is 1.30 bits per heavy atom. The Morgan fingerprint density at radius 2 is 2.00 bits per heavy atom. The SMILES string of the molecule is CCC(C)c1ccc(S(=O)(=O)NCCCn2cc(Br)cn2)cc1. The van der Waals surface area contributed by atoms with Crippen molar-refractivity contribution in [2.75, 3.05) is 6.54 Å². The summed E-state index contributed by atoms with van der Waals surface area (Å²) in [6, 6.07) is 7.14. The standard InChI is InChI=1S/C16H22BrN3O2S/c1-3-13(2)14-5-7-16(8-6-14)23(21,22)19-9-4-10-20-12-15(17)11-18-20/h5-8,11-13,19H,3-4,9-10H2,1-2H3. The number of hydrogen-bond acceptors (Lipinski definition) is 3. The molecule has 2 aromatic rings. The molecule has 1 aromatic carbocycles. The molecule has 0 amide bonds. The van der Waals surface area contributed by atoms with Gasteiger partial charge < -0.3 is 0 Å². The second-order valence-electron chi connectivity index (χ2n) is 5.55. The minimum absolute atomic E-state index is 0.311. The summed E-state index contributed by atoms with van der Waals surface area (Å²) in [7, 11) is -3.45. The van der Waals surface area contributed by atoms with Crippen LogP contribution in [0.5, 0.6) is 0 Å². The van der Waals surface area contributed by atoms with Gasteiger partial charge in [-0.05, 0) is 52.4 Å². The summed E-state index contributed by atoms with van der Waals surface area (Å²) in [5.74, 6) is 0.438. The Balaban J connectivity index is 1.88. The summed E-state index contributed by atoms with van der Waals surface area (Å²) in [6.45, 7) is 5.30. The first-order valence-electron chi connectivity index (χ1n) is 7.70. The summed E-state index contributed by atoms with van der Waals surface area (Å²) in [6.07, 6.45) is 5.29. The average molecular weight is 400 g/mol. The summed E-state index contributed by atoms with van der Waals surface area (Å²) in [5.41, 5.74) is 1.16. The molecule has 1 aromatic heterocycles. The molecule has 0 saturated carbocycles. The van der Waals surface area contributed by atoms with Crippen molar-refractivity contribution in [1.82, 2.24) is 14.5 Å². The van der Waals surface area contributed by atoms with E-state index in [1.165, 1.54) is 0 Å². The highest BCUT2D eigenvalue weighted by molar-refractivity contribution is 9.10. The lowest BCUT2D eigenvalue weighted by Gasteiger charge is -2.11. The van der Waals surface area contributed by atoms with E-state index in [1.807, 2.05) is 18.3 Å². The average Bonchev–Trinajstić information content (AvgIpc) is 2.96. The molecule has 0 aliphatic heterocycles. The number of nitrogens with zero attached hydrogens (tertiary/aromatic N) is 2. The summed E-state index contributed by atoms with van der Waals surface area (Å²) in [4.78, 5) is 0.311. The summed E-state index contributed by atoms with van der Waals surface area (Å²) >= 11 is 3.33. The molecule has 1 unspecified atom stereocenters. The fourth-order valence-corrected chi connectivity index (χ4v) is 3.60. The molecule has 7 heteroatoms. The lowest BCUT2D eigenvalue weighted by molar-refractivity contribution is 0.553. The smallest absolute Gasteiger partial charge is 0.240 e. The van der Waals surface area contributed by atoms with Crippen LogP contribution in [0, 0.1) is 0 Å². The van der Waals surface area contributed by atoms with Crippen LogP contribution in [-0.2, 0) is 16.6 Å². The number of rotatable bonds is 8. The number of hydrogen-bond donors (Lipinski definition) is 1. The van der Waals surface area contributed by atoms with E-state index in [4.69, 9.17) is 0 Å². The Labute approximate surface area is 146 Å². The van der Waals surface area contributed by atoms with Gasteiger partial charge in [-0.15, -0.1) is 0 Å². The van der Waals surface area contributed by atoms with E-state index in [0.29, 0.717) is 30.3 Å². The molecule has 0 aliphatic rings. The van der Waals surface area contributed by atoms with Crippen LogP contribution in [0.25, 0.3) is 0 Å². The summed E-state index contributed by atoms with van der Waals surface area (Å²) < 4.78 is 29.8.